The summed E-state index contributed by atoms with van der Waals surface area (Å²) in [4.78, 5) is 0. The number of aryl methyl sites for hydroxylation is 1. The number of ether oxygens (including phenoxy) is 1. The topological polar surface area (TPSA) is 35.0 Å². The van der Waals surface area contributed by atoms with Crippen molar-refractivity contribution < 1.29 is 4.74 Å². The Morgan fingerprint density at radius 3 is 2.58 bits per heavy atom. The smallest absolute Gasteiger partial charge is 0.124 e. The number of hydrogen-bond donors (Lipinski definition) is 0. The molecule has 0 aliphatic carbocycles. The average molecular weight is 180 g/mol. The summed E-state index contributed by atoms with van der Waals surface area (Å²) in [5.74, 6) is 0.871. The minimum Gasteiger partial charge on any atom is -0.496 e. The predicted octanol–water partition coefficient (Wildman–Crippen LogP) is 2.01. The van der Waals surface area contributed by atoms with Gasteiger partial charge in [0.25, 0.3) is 0 Å². The molecule has 12 heavy (non-hydrogen) atoms. The summed E-state index contributed by atoms with van der Waals surface area (Å²) in [6.45, 7) is 2.00. The monoisotopic (exact) mass is 180 g/mol. The molecule has 0 saturated heterocycles. The lowest BCUT2D eigenvalue weighted by Crippen LogP contribution is -1.86. The Balaban J connectivity index is 2.73. The molecule has 0 spiro atoms. The maximum absolute atomic E-state index is 5.16. The van der Waals surface area contributed by atoms with E-state index >= 15 is 0 Å². The van der Waals surface area contributed by atoms with Crippen molar-refractivity contribution in [1.82, 2.24) is 8.75 Å². The van der Waals surface area contributed by atoms with Crippen molar-refractivity contribution in [1.29, 1.82) is 0 Å². The van der Waals surface area contributed by atoms with Crippen LogP contribution in [0.1, 0.15) is 5.56 Å². The summed E-state index contributed by atoms with van der Waals surface area (Å²) in [6, 6.07) is 3.89. The van der Waals surface area contributed by atoms with Crippen molar-refractivity contribution in [3.8, 4) is 5.75 Å². The molecule has 0 unspecified atom stereocenters. The van der Waals surface area contributed by atoms with Crippen LogP contribution >= 0.6 is 11.7 Å². The first kappa shape index (κ1) is 7.49. The van der Waals surface area contributed by atoms with E-state index in [1.807, 2.05) is 19.1 Å². The lowest BCUT2D eigenvalue weighted by atomic mass is 10.2. The van der Waals surface area contributed by atoms with Crippen LogP contribution in [-0.4, -0.2) is 15.9 Å². The molecule has 1 heterocycles. The van der Waals surface area contributed by atoms with Crippen molar-refractivity contribution in [2.45, 2.75) is 6.92 Å². The summed E-state index contributed by atoms with van der Waals surface area (Å²) in [6.07, 6.45) is 0. The summed E-state index contributed by atoms with van der Waals surface area (Å²) in [7, 11) is 1.66. The van der Waals surface area contributed by atoms with E-state index < -0.39 is 0 Å². The van der Waals surface area contributed by atoms with E-state index in [1.54, 1.807) is 7.11 Å². The van der Waals surface area contributed by atoms with Gasteiger partial charge in [0.15, 0.2) is 0 Å². The zero-order valence-corrected chi connectivity index (χ0v) is 7.68. The Labute approximate surface area is 74.3 Å². The molecule has 1 aromatic carbocycles. The van der Waals surface area contributed by atoms with Gasteiger partial charge in [0.2, 0.25) is 0 Å². The van der Waals surface area contributed by atoms with Crippen molar-refractivity contribution in [3.63, 3.8) is 0 Å². The Bertz CT molecular complexity index is 410. The average Bonchev–Trinajstić information content (AvgIpc) is 2.49. The molecule has 4 heteroatoms. The second-order valence-electron chi connectivity index (χ2n) is 2.57. The number of aromatic nitrogens is 2. The van der Waals surface area contributed by atoms with Gasteiger partial charge in [-0.3, -0.25) is 0 Å². The molecule has 1 aromatic heterocycles. The van der Waals surface area contributed by atoms with E-state index in [4.69, 9.17) is 4.74 Å². The number of benzene rings is 1. The Kier molecular flexibility index (Phi) is 1.69. The zero-order valence-electron chi connectivity index (χ0n) is 6.87. The lowest BCUT2D eigenvalue weighted by molar-refractivity contribution is 0.412. The quantitative estimate of drug-likeness (QED) is 0.673. The molecule has 3 nitrogen and oxygen atoms in total. The number of hydrogen-bond acceptors (Lipinski definition) is 4. The number of methoxy groups -OCH3 is 1. The molecule has 0 aliphatic heterocycles. The minimum atomic E-state index is 0.871. The molecular weight excluding hydrogens is 172 g/mol. The highest BCUT2D eigenvalue weighted by molar-refractivity contribution is 7.00. The third-order valence-electron chi connectivity index (χ3n) is 1.77. The second kappa shape index (κ2) is 2.71. The van der Waals surface area contributed by atoms with Gasteiger partial charge in [-0.05, 0) is 18.6 Å². The first-order chi connectivity index (χ1) is 5.81. The highest BCUT2D eigenvalue weighted by Gasteiger charge is 2.03. The molecule has 0 amide bonds. The molecule has 2 aromatic rings. The van der Waals surface area contributed by atoms with Crippen molar-refractivity contribution in [3.05, 3.63) is 17.7 Å². The van der Waals surface area contributed by atoms with Crippen LogP contribution in [0, 0.1) is 6.92 Å². The van der Waals surface area contributed by atoms with Crippen LogP contribution in [0.15, 0.2) is 12.1 Å². The fraction of sp³-hybridized carbons (Fsp3) is 0.250. The summed E-state index contributed by atoms with van der Waals surface area (Å²) in [5.41, 5.74) is 2.94. The normalized spacial score (nSPS) is 10.5. The molecule has 2 rings (SSSR count). The first-order valence-electron chi connectivity index (χ1n) is 3.58. The molecule has 0 bridgehead atoms. The highest BCUT2D eigenvalue weighted by atomic mass is 32.1. The van der Waals surface area contributed by atoms with E-state index in [0.717, 1.165) is 22.3 Å². The SMILES string of the molecule is COc1cc2nsnc2cc1C. The van der Waals surface area contributed by atoms with Gasteiger partial charge in [0.05, 0.1) is 18.8 Å². The first-order valence-corrected chi connectivity index (χ1v) is 4.31. The number of fused-ring (bicyclic) bond motifs is 1. The fourth-order valence-corrected chi connectivity index (χ4v) is 1.65. The van der Waals surface area contributed by atoms with Crippen LogP contribution in [-0.2, 0) is 0 Å². The molecule has 0 atom stereocenters. The van der Waals surface area contributed by atoms with Crippen LogP contribution in [0.25, 0.3) is 11.0 Å². The Hall–Kier alpha value is -1.16. The molecule has 0 N–H and O–H groups in total. The molecule has 0 fully saturated rings. The third-order valence-corrected chi connectivity index (χ3v) is 2.33. The molecule has 0 radical (unpaired) electrons. The molecule has 0 saturated carbocycles. The van der Waals surface area contributed by atoms with Crippen LogP contribution in [0.3, 0.4) is 0 Å². The van der Waals surface area contributed by atoms with Crippen LogP contribution in [0.5, 0.6) is 5.75 Å². The summed E-state index contributed by atoms with van der Waals surface area (Å²) < 4.78 is 13.4. The van der Waals surface area contributed by atoms with Gasteiger partial charge in [0, 0.05) is 6.07 Å². The predicted molar refractivity (Wildman–Crippen MR) is 48.7 cm³/mol. The highest BCUT2D eigenvalue weighted by Crippen LogP contribution is 2.23. The summed E-state index contributed by atoms with van der Waals surface area (Å²) >= 11 is 1.23. The molecule has 62 valence electrons. The lowest BCUT2D eigenvalue weighted by Gasteiger charge is -2.02. The van der Waals surface area contributed by atoms with Gasteiger partial charge in [-0.15, -0.1) is 0 Å². The van der Waals surface area contributed by atoms with Crippen molar-refractivity contribution in [2.24, 2.45) is 0 Å². The van der Waals surface area contributed by atoms with Crippen molar-refractivity contribution >= 4 is 22.8 Å². The number of nitrogens with zero attached hydrogens (tertiary/aromatic N) is 2. The van der Waals surface area contributed by atoms with E-state index in [9.17, 15) is 0 Å². The fourth-order valence-electron chi connectivity index (χ4n) is 1.14. The van der Waals surface area contributed by atoms with E-state index in [2.05, 4.69) is 8.75 Å². The van der Waals surface area contributed by atoms with Gasteiger partial charge >= 0.3 is 0 Å². The number of rotatable bonds is 1. The van der Waals surface area contributed by atoms with Gasteiger partial charge in [-0.1, -0.05) is 0 Å². The van der Waals surface area contributed by atoms with Crippen LogP contribution < -0.4 is 4.74 Å². The maximum Gasteiger partial charge on any atom is 0.124 e. The second-order valence-corrected chi connectivity index (χ2v) is 3.10. The zero-order chi connectivity index (χ0) is 8.55. The largest absolute Gasteiger partial charge is 0.496 e. The van der Waals surface area contributed by atoms with Crippen LogP contribution in [0.2, 0.25) is 0 Å². The van der Waals surface area contributed by atoms with Crippen LogP contribution in [0.4, 0.5) is 0 Å². The maximum atomic E-state index is 5.16. The third kappa shape index (κ3) is 1.04. The molecular formula is C8H8N2OS. The van der Waals surface area contributed by atoms with Crippen molar-refractivity contribution in [2.75, 3.05) is 7.11 Å². The van der Waals surface area contributed by atoms with E-state index in [-0.39, 0.29) is 0 Å². The van der Waals surface area contributed by atoms with Gasteiger partial charge < -0.3 is 4.74 Å². The van der Waals surface area contributed by atoms with E-state index in [0.29, 0.717) is 0 Å². The van der Waals surface area contributed by atoms with Gasteiger partial charge in [0.1, 0.15) is 16.8 Å². The Morgan fingerprint density at radius 2 is 1.92 bits per heavy atom. The molecule has 0 aliphatic rings. The summed E-state index contributed by atoms with van der Waals surface area (Å²) in [5, 5.41) is 0. The Morgan fingerprint density at radius 1 is 1.25 bits per heavy atom. The minimum absolute atomic E-state index is 0.871. The van der Waals surface area contributed by atoms with E-state index in [1.165, 1.54) is 11.7 Å². The van der Waals surface area contributed by atoms with Gasteiger partial charge in [-0.25, -0.2) is 0 Å². The van der Waals surface area contributed by atoms with Gasteiger partial charge in [-0.2, -0.15) is 8.75 Å². The standard InChI is InChI=1S/C8H8N2OS/c1-5-3-6-7(10-12-9-6)4-8(5)11-2/h3-4H,1-2H3.